The van der Waals surface area contributed by atoms with Gasteiger partial charge < -0.3 is 15.0 Å². The fourth-order valence-corrected chi connectivity index (χ4v) is 3.86. The third-order valence-electron chi connectivity index (χ3n) is 4.34. The normalized spacial score (nSPS) is 12.0. The summed E-state index contributed by atoms with van der Waals surface area (Å²) in [4.78, 5) is 44.5. The first kappa shape index (κ1) is 19.8. The van der Waals surface area contributed by atoms with Crippen molar-refractivity contribution in [2.24, 2.45) is 0 Å². The van der Waals surface area contributed by atoms with Crippen molar-refractivity contribution in [1.82, 2.24) is 15.3 Å². The van der Waals surface area contributed by atoms with Crippen LogP contribution in [0.3, 0.4) is 0 Å². The SMILES string of the molecule is Cc1ccc(CNC(=O)[C@@H](C)OC(=O)c2sc3nc(C)[nH]c(=O)c3c2C)cc1. The Morgan fingerprint density at radius 1 is 1.21 bits per heavy atom. The maximum absolute atomic E-state index is 12.5. The standard InChI is InChI=1S/C20H21N3O4S/c1-10-5-7-14(8-6-10)9-21-17(24)12(3)27-20(26)16-11(2)15-18(25)22-13(4)23-19(15)28-16/h5-8,12H,9H2,1-4H3,(H,21,24)(H,22,23,25)/t12-/m1/s1. The molecule has 28 heavy (non-hydrogen) atoms. The third-order valence-corrected chi connectivity index (χ3v) is 5.51. The maximum Gasteiger partial charge on any atom is 0.349 e. The van der Waals surface area contributed by atoms with E-state index in [-0.39, 0.29) is 16.3 Å². The van der Waals surface area contributed by atoms with Crippen molar-refractivity contribution >= 4 is 33.4 Å². The minimum absolute atomic E-state index is 0.275. The highest BCUT2D eigenvalue weighted by Gasteiger charge is 2.24. The number of carbonyl (C=O) groups is 2. The summed E-state index contributed by atoms with van der Waals surface area (Å²) in [5, 5.41) is 3.13. The molecule has 0 fully saturated rings. The molecule has 2 N–H and O–H groups in total. The fraction of sp³-hybridized carbons (Fsp3) is 0.300. The van der Waals surface area contributed by atoms with Crippen molar-refractivity contribution in [2.75, 3.05) is 0 Å². The van der Waals surface area contributed by atoms with E-state index in [0.29, 0.717) is 28.1 Å². The van der Waals surface area contributed by atoms with Crippen LogP contribution in [0.1, 0.15) is 39.1 Å². The van der Waals surface area contributed by atoms with E-state index in [2.05, 4.69) is 15.3 Å². The lowest BCUT2D eigenvalue weighted by Gasteiger charge is -2.13. The van der Waals surface area contributed by atoms with Gasteiger partial charge in [-0.25, -0.2) is 9.78 Å². The van der Waals surface area contributed by atoms with Gasteiger partial charge in [0.15, 0.2) is 6.10 Å². The van der Waals surface area contributed by atoms with Crippen LogP contribution in [0, 0.1) is 20.8 Å². The van der Waals surface area contributed by atoms with Crippen LogP contribution in [0.2, 0.25) is 0 Å². The number of aromatic nitrogens is 2. The van der Waals surface area contributed by atoms with Gasteiger partial charge in [0, 0.05) is 6.54 Å². The van der Waals surface area contributed by atoms with Crippen molar-refractivity contribution in [3.8, 4) is 0 Å². The van der Waals surface area contributed by atoms with Gasteiger partial charge in [0.2, 0.25) is 0 Å². The Kier molecular flexibility index (Phi) is 5.60. The summed E-state index contributed by atoms with van der Waals surface area (Å²) in [6.07, 6.45) is -0.962. The second-order valence-corrected chi connectivity index (χ2v) is 7.64. The van der Waals surface area contributed by atoms with E-state index in [1.807, 2.05) is 31.2 Å². The highest BCUT2D eigenvalue weighted by Crippen LogP contribution is 2.27. The molecule has 7 nitrogen and oxygen atoms in total. The number of esters is 1. The van der Waals surface area contributed by atoms with Crippen molar-refractivity contribution in [3.63, 3.8) is 0 Å². The monoisotopic (exact) mass is 399 g/mol. The van der Waals surface area contributed by atoms with Crippen molar-refractivity contribution in [1.29, 1.82) is 0 Å². The van der Waals surface area contributed by atoms with Crippen LogP contribution in [0.5, 0.6) is 0 Å². The van der Waals surface area contributed by atoms with Gasteiger partial charge in [-0.2, -0.15) is 0 Å². The van der Waals surface area contributed by atoms with E-state index in [1.54, 1.807) is 13.8 Å². The molecule has 0 aliphatic rings. The number of H-pyrrole nitrogens is 1. The quantitative estimate of drug-likeness (QED) is 0.643. The average Bonchev–Trinajstić information content (AvgIpc) is 2.97. The molecule has 146 valence electrons. The molecule has 0 bridgehead atoms. The molecular weight excluding hydrogens is 378 g/mol. The van der Waals surface area contributed by atoms with Crippen LogP contribution < -0.4 is 10.9 Å². The Balaban J connectivity index is 1.68. The van der Waals surface area contributed by atoms with E-state index >= 15 is 0 Å². The van der Waals surface area contributed by atoms with E-state index < -0.39 is 12.1 Å². The molecular formula is C20H21N3O4S. The maximum atomic E-state index is 12.5. The Labute approximate surface area is 165 Å². The molecule has 0 aliphatic carbocycles. The lowest BCUT2D eigenvalue weighted by Crippen LogP contribution is -2.35. The number of amides is 1. The van der Waals surface area contributed by atoms with Gasteiger partial charge in [-0.15, -0.1) is 11.3 Å². The van der Waals surface area contributed by atoms with Gasteiger partial charge in [0.05, 0.1) is 5.39 Å². The number of fused-ring (bicyclic) bond motifs is 1. The molecule has 2 aromatic heterocycles. The van der Waals surface area contributed by atoms with Gasteiger partial charge in [0.25, 0.3) is 11.5 Å². The Morgan fingerprint density at radius 2 is 1.89 bits per heavy atom. The van der Waals surface area contributed by atoms with Crippen LogP contribution in [-0.4, -0.2) is 27.9 Å². The summed E-state index contributed by atoms with van der Waals surface area (Å²) in [6.45, 7) is 7.20. The molecule has 1 amide bonds. The van der Waals surface area contributed by atoms with Crippen LogP contribution >= 0.6 is 11.3 Å². The summed E-state index contributed by atoms with van der Waals surface area (Å²) < 4.78 is 5.31. The lowest BCUT2D eigenvalue weighted by molar-refractivity contribution is -0.129. The Hall–Kier alpha value is -3.00. The molecule has 0 saturated carbocycles. The van der Waals surface area contributed by atoms with Crippen molar-refractivity contribution in [3.05, 3.63) is 62.0 Å². The lowest BCUT2D eigenvalue weighted by atomic mass is 10.1. The van der Waals surface area contributed by atoms with Crippen molar-refractivity contribution in [2.45, 2.75) is 40.3 Å². The first-order chi connectivity index (χ1) is 13.3. The predicted molar refractivity (Wildman–Crippen MR) is 108 cm³/mol. The highest BCUT2D eigenvalue weighted by atomic mass is 32.1. The number of hydrogen-bond acceptors (Lipinski definition) is 6. The largest absolute Gasteiger partial charge is 0.448 e. The summed E-state index contributed by atoms with van der Waals surface area (Å²) in [6, 6.07) is 7.79. The number of benzene rings is 1. The molecule has 8 heteroatoms. The molecule has 0 spiro atoms. The number of hydrogen-bond donors (Lipinski definition) is 2. The zero-order valence-corrected chi connectivity index (χ0v) is 16.9. The summed E-state index contributed by atoms with van der Waals surface area (Å²) in [5.41, 5.74) is 2.31. The highest BCUT2D eigenvalue weighted by molar-refractivity contribution is 7.20. The molecule has 0 unspecified atom stereocenters. The van der Waals surface area contributed by atoms with Crippen molar-refractivity contribution < 1.29 is 14.3 Å². The Morgan fingerprint density at radius 3 is 2.57 bits per heavy atom. The molecule has 0 aliphatic heterocycles. The van der Waals surface area contributed by atoms with Crippen LogP contribution in [0.15, 0.2) is 29.1 Å². The first-order valence-electron chi connectivity index (χ1n) is 8.80. The number of rotatable bonds is 5. The average molecular weight is 399 g/mol. The van der Waals surface area contributed by atoms with Crippen LogP contribution in [0.25, 0.3) is 10.2 Å². The number of nitrogens with one attached hydrogen (secondary N) is 2. The van der Waals surface area contributed by atoms with Gasteiger partial charge >= 0.3 is 5.97 Å². The number of nitrogens with zero attached hydrogens (tertiary/aromatic N) is 1. The number of thiophene rings is 1. The van der Waals surface area contributed by atoms with Gasteiger partial charge in [-0.1, -0.05) is 29.8 Å². The van der Waals surface area contributed by atoms with E-state index in [9.17, 15) is 14.4 Å². The minimum atomic E-state index is -0.962. The number of aryl methyl sites for hydroxylation is 3. The smallest absolute Gasteiger partial charge is 0.349 e. The van der Waals surface area contributed by atoms with Crippen LogP contribution in [0.4, 0.5) is 0 Å². The summed E-state index contributed by atoms with van der Waals surface area (Å²) in [5.74, 6) is -0.558. The van der Waals surface area contributed by atoms with Gasteiger partial charge in [-0.3, -0.25) is 9.59 Å². The molecule has 3 aromatic rings. The van der Waals surface area contributed by atoms with Crippen LogP contribution in [-0.2, 0) is 16.1 Å². The summed E-state index contributed by atoms with van der Waals surface area (Å²) >= 11 is 1.09. The fourth-order valence-electron chi connectivity index (χ4n) is 2.75. The number of carbonyl (C=O) groups excluding carboxylic acids is 2. The van der Waals surface area contributed by atoms with Gasteiger partial charge in [0.1, 0.15) is 15.5 Å². The molecule has 0 saturated heterocycles. The van der Waals surface area contributed by atoms with E-state index in [1.165, 1.54) is 6.92 Å². The Bertz CT molecular complexity index is 1100. The predicted octanol–water partition coefficient (Wildman–Crippen LogP) is 2.77. The third kappa shape index (κ3) is 4.12. The number of ether oxygens (including phenoxy) is 1. The molecule has 1 atom stereocenters. The zero-order valence-electron chi connectivity index (χ0n) is 16.1. The molecule has 2 heterocycles. The second-order valence-electron chi connectivity index (χ2n) is 6.64. The van der Waals surface area contributed by atoms with E-state index in [4.69, 9.17) is 4.74 Å². The number of aromatic amines is 1. The van der Waals surface area contributed by atoms with E-state index in [0.717, 1.165) is 22.5 Å². The topological polar surface area (TPSA) is 101 Å². The first-order valence-corrected chi connectivity index (χ1v) is 9.62. The summed E-state index contributed by atoms with van der Waals surface area (Å²) in [7, 11) is 0. The zero-order chi connectivity index (χ0) is 20.4. The van der Waals surface area contributed by atoms with Gasteiger partial charge in [-0.05, 0) is 38.8 Å². The minimum Gasteiger partial charge on any atom is -0.448 e. The molecule has 3 rings (SSSR count). The molecule has 1 aromatic carbocycles. The second kappa shape index (κ2) is 7.93. The molecule has 0 radical (unpaired) electrons.